The number of fused-ring (bicyclic) bond motifs is 1. The van der Waals surface area contributed by atoms with E-state index in [1.54, 1.807) is 18.3 Å². The van der Waals surface area contributed by atoms with Crippen LogP contribution in [0.2, 0.25) is 0 Å². The summed E-state index contributed by atoms with van der Waals surface area (Å²) in [5, 5.41) is 11.7. The lowest BCUT2D eigenvalue weighted by molar-refractivity contribution is 0.0694. The van der Waals surface area contributed by atoms with Crippen molar-refractivity contribution in [3.63, 3.8) is 0 Å². The standard InChI is InChI=1S/C15H15NO4S/c1-8-11(15(18)19)6-10(20-8)7-16-14(17)13-5-9-3-2-4-12(9)21-13/h5-6H,2-4,7H2,1H3,(H,16,17)(H,18,19). The monoisotopic (exact) mass is 305 g/mol. The van der Waals surface area contributed by atoms with Gasteiger partial charge in [0.1, 0.15) is 17.1 Å². The van der Waals surface area contributed by atoms with Gasteiger partial charge in [0.2, 0.25) is 0 Å². The summed E-state index contributed by atoms with van der Waals surface area (Å²) in [6, 6.07) is 3.41. The summed E-state index contributed by atoms with van der Waals surface area (Å²) in [4.78, 5) is 25.0. The molecule has 0 saturated carbocycles. The number of carboxylic acid groups (broad SMARTS) is 1. The SMILES string of the molecule is Cc1oc(CNC(=O)c2cc3c(s2)CCC3)cc1C(=O)O. The highest BCUT2D eigenvalue weighted by molar-refractivity contribution is 7.14. The number of furan rings is 1. The number of nitrogens with one attached hydrogen (secondary N) is 1. The van der Waals surface area contributed by atoms with Gasteiger partial charge in [-0.3, -0.25) is 4.79 Å². The molecule has 0 aromatic carbocycles. The van der Waals surface area contributed by atoms with Crippen LogP contribution in [-0.4, -0.2) is 17.0 Å². The second-order valence-corrected chi connectivity index (χ2v) is 6.22. The van der Waals surface area contributed by atoms with Gasteiger partial charge in [-0.1, -0.05) is 0 Å². The van der Waals surface area contributed by atoms with E-state index in [4.69, 9.17) is 9.52 Å². The summed E-state index contributed by atoms with van der Waals surface area (Å²) in [5.41, 5.74) is 1.42. The second kappa shape index (κ2) is 5.37. The first kappa shape index (κ1) is 13.9. The molecule has 2 aromatic rings. The largest absolute Gasteiger partial charge is 0.478 e. The number of hydrogen-bond acceptors (Lipinski definition) is 4. The Morgan fingerprint density at radius 3 is 2.86 bits per heavy atom. The summed E-state index contributed by atoms with van der Waals surface area (Å²) in [6.45, 7) is 1.79. The Morgan fingerprint density at radius 1 is 1.38 bits per heavy atom. The van der Waals surface area contributed by atoms with Crippen LogP contribution in [0.5, 0.6) is 0 Å². The van der Waals surface area contributed by atoms with Crippen molar-refractivity contribution in [2.45, 2.75) is 32.7 Å². The van der Waals surface area contributed by atoms with Gasteiger partial charge in [0.05, 0.1) is 11.4 Å². The molecule has 1 aliphatic rings. The number of carboxylic acids is 1. The summed E-state index contributed by atoms with van der Waals surface area (Å²) in [7, 11) is 0. The maximum Gasteiger partial charge on any atom is 0.339 e. The topological polar surface area (TPSA) is 79.5 Å². The van der Waals surface area contributed by atoms with E-state index in [-0.39, 0.29) is 18.0 Å². The van der Waals surface area contributed by atoms with Crippen LogP contribution in [0, 0.1) is 6.92 Å². The number of aryl methyl sites for hydroxylation is 3. The van der Waals surface area contributed by atoms with Gasteiger partial charge in [0.25, 0.3) is 5.91 Å². The predicted octanol–water partition coefficient (Wildman–Crippen LogP) is 2.77. The van der Waals surface area contributed by atoms with Crippen molar-refractivity contribution >= 4 is 23.2 Å². The quantitative estimate of drug-likeness (QED) is 0.910. The maximum absolute atomic E-state index is 12.1. The molecule has 0 aliphatic heterocycles. The maximum atomic E-state index is 12.1. The van der Waals surface area contributed by atoms with Crippen LogP contribution in [0.1, 0.15) is 48.4 Å². The third-order valence-corrected chi connectivity index (χ3v) is 4.83. The highest BCUT2D eigenvalue weighted by atomic mass is 32.1. The van der Waals surface area contributed by atoms with Crippen LogP contribution in [0.4, 0.5) is 0 Å². The lowest BCUT2D eigenvalue weighted by Crippen LogP contribution is -2.21. The van der Waals surface area contributed by atoms with E-state index in [0.717, 1.165) is 12.8 Å². The molecule has 0 bridgehead atoms. The van der Waals surface area contributed by atoms with Crippen LogP contribution in [-0.2, 0) is 19.4 Å². The molecule has 1 aliphatic carbocycles. The van der Waals surface area contributed by atoms with Gasteiger partial charge in [-0.05, 0) is 43.9 Å². The Morgan fingerprint density at radius 2 is 2.19 bits per heavy atom. The second-order valence-electron chi connectivity index (χ2n) is 5.08. The van der Waals surface area contributed by atoms with Crippen molar-refractivity contribution in [3.05, 3.63) is 44.5 Å². The van der Waals surface area contributed by atoms with Gasteiger partial charge >= 0.3 is 5.97 Å². The zero-order valence-electron chi connectivity index (χ0n) is 11.6. The third-order valence-electron chi connectivity index (χ3n) is 3.59. The van der Waals surface area contributed by atoms with E-state index in [0.29, 0.717) is 16.4 Å². The van der Waals surface area contributed by atoms with Gasteiger partial charge in [-0.2, -0.15) is 0 Å². The molecular formula is C15H15NO4S. The molecule has 0 unspecified atom stereocenters. The Kier molecular flexibility index (Phi) is 3.55. The number of thiophene rings is 1. The molecular weight excluding hydrogens is 290 g/mol. The van der Waals surface area contributed by atoms with Crippen molar-refractivity contribution < 1.29 is 19.1 Å². The average molecular weight is 305 g/mol. The van der Waals surface area contributed by atoms with Crippen molar-refractivity contribution in [3.8, 4) is 0 Å². The molecule has 0 atom stereocenters. The lowest BCUT2D eigenvalue weighted by atomic mass is 10.2. The first-order valence-electron chi connectivity index (χ1n) is 6.77. The molecule has 2 aromatic heterocycles. The number of rotatable bonds is 4. The first-order valence-corrected chi connectivity index (χ1v) is 7.58. The van der Waals surface area contributed by atoms with Gasteiger partial charge in [-0.15, -0.1) is 11.3 Å². The molecule has 1 amide bonds. The Hall–Kier alpha value is -2.08. The van der Waals surface area contributed by atoms with E-state index in [2.05, 4.69) is 5.32 Å². The zero-order chi connectivity index (χ0) is 15.0. The molecule has 0 radical (unpaired) electrons. The smallest absolute Gasteiger partial charge is 0.339 e. The number of carbonyl (C=O) groups is 2. The number of aromatic carboxylic acids is 1. The molecule has 6 heteroatoms. The van der Waals surface area contributed by atoms with Crippen LogP contribution in [0.15, 0.2) is 16.5 Å². The van der Waals surface area contributed by atoms with Crippen LogP contribution >= 0.6 is 11.3 Å². The van der Waals surface area contributed by atoms with Crippen molar-refractivity contribution in [1.82, 2.24) is 5.32 Å². The minimum atomic E-state index is -1.02. The minimum absolute atomic E-state index is 0.134. The van der Waals surface area contributed by atoms with Gasteiger partial charge in [-0.25, -0.2) is 4.79 Å². The fourth-order valence-electron chi connectivity index (χ4n) is 2.54. The molecule has 2 N–H and O–H groups in total. The van der Waals surface area contributed by atoms with Crippen molar-refractivity contribution in [2.75, 3.05) is 0 Å². The first-order chi connectivity index (χ1) is 10.0. The van der Waals surface area contributed by atoms with Crippen LogP contribution in [0.25, 0.3) is 0 Å². The fraction of sp³-hybridized carbons (Fsp3) is 0.333. The molecule has 2 heterocycles. The molecule has 110 valence electrons. The average Bonchev–Trinajstić information content (AvgIpc) is 3.08. The van der Waals surface area contributed by atoms with Crippen LogP contribution < -0.4 is 5.32 Å². The number of amides is 1. The van der Waals surface area contributed by atoms with E-state index in [1.807, 2.05) is 6.07 Å². The highest BCUT2D eigenvalue weighted by Crippen LogP contribution is 2.30. The van der Waals surface area contributed by atoms with Crippen LogP contribution in [0.3, 0.4) is 0 Å². The molecule has 0 saturated heterocycles. The fourth-order valence-corrected chi connectivity index (χ4v) is 3.71. The summed E-state index contributed by atoms with van der Waals surface area (Å²) in [6.07, 6.45) is 3.29. The number of hydrogen-bond donors (Lipinski definition) is 2. The lowest BCUT2D eigenvalue weighted by Gasteiger charge is -2.00. The molecule has 0 spiro atoms. The summed E-state index contributed by atoms with van der Waals surface area (Å²) < 4.78 is 5.33. The Bertz CT molecular complexity index is 692. The Labute approximate surface area is 125 Å². The molecule has 21 heavy (non-hydrogen) atoms. The van der Waals surface area contributed by atoms with Gasteiger partial charge in [0, 0.05) is 4.88 Å². The Balaban J connectivity index is 1.65. The number of carbonyl (C=O) groups excluding carboxylic acids is 1. The van der Waals surface area contributed by atoms with E-state index in [1.165, 1.54) is 22.9 Å². The zero-order valence-corrected chi connectivity index (χ0v) is 12.4. The van der Waals surface area contributed by atoms with E-state index >= 15 is 0 Å². The summed E-state index contributed by atoms with van der Waals surface area (Å²) >= 11 is 1.54. The van der Waals surface area contributed by atoms with Gasteiger partial charge < -0.3 is 14.8 Å². The minimum Gasteiger partial charge on any atom is -0.478 e. The molecule has 5 nitrogen and oxygen atoms in total. The highest BCUT2D eigenvalue weighted by Gasteiger charge is 2.19. The van der Waals surface area contributed by atoms with E-state index < -0.39 is 5.97 Å². The normalized spacial score (nSPS) is 13.2. The predicted molar refractivity (Wildman–Crippen MR) is 77.9 cm³/mol. The molecule has 0 fully saturated rings. The third kappa shape index (κ3) is 2.71. The van der Waals surface area contributed by atoms with Gasteiger partial charge in [0.15, 0.2) is 0 Å². The molecule has 3 rings (SSSR count). The summed E-state index contributed by atoms with van der Waals surface area (Å²) in [5.74, 6) is -0.368. The van der Waals surface area contributed by atoms with E-state index in [9.17, 15) is 9.59 Å². The van der Waals surface area contributed by atoms with Crippen molar-refractivity contribution in [2.24, 2.45) is 0 Å². The van der Waals surface area contributed by atoms with Crippen molar-refractivity contribution in [1.29, 1.82) is 0 Å².